The topological polar surface area (TPSA) is 0 Å². The molecule has 0 aliphatic carbocycles. The minimum absolute atomic E-state index is 1.35. The highest BCUT2D eigenvalue weighted by Gasteiger charge is 1.60. The van der Waals surface area contributed by atoms with Gasteiger partial charge in [0.25, 0.3) is 0 Å². The summed E-state index contributed by atoms with van der Waals surface area (Å²) < 4.78 is 0. The van der Waals surface area contributed by atoms with Gasteiger partial charge >= 0.3 is 0 Å². The molecule has 0 spiro atoms. The Kier molecular flexibility index (Phi) is 3.22. The van der Waals surface area contributed by atoms with Gasteiger partial charge in [-0.05, 0) is 0 Å². The molecule has 0 atom stereocenters. The van der Waals surface area contributed by atoms with E-state index >= 15 is 0 Å². The van der Waals surface area contributed by atoms with Crippen molar-refractivity contribution in [2.45, 2.75) is 0 Å². The van der Waals surface area contributed by atoms with Gasteiger partial charge in [-0.3, -0.25) is 0 Å². The molecule has 0 heterocycles. The molecule has 4 heteroatoms. The second-order valence-corrected chi connectivity index (χ2v) is 6.09. The lowest BCUT2D eigenvalue weighted by molar-refractivity contribution is 4.81. The number of hydrogen-bond acceptors (Lipinski definition) is 1. The monoisotopic (exact) mass is 134 g/mol. The van der Waals surface area contributed by atoms with Crippen molar-refractivity contribution in [2.24, 2.45) is 0 Å². The maximum absolute atomic E-state index is 4.96. The van der Waals surface area contributed by atoms with Crippen LogP contribution in [0, 0.1) is 0 Å². The first kappa shape index (κ1) is 5.23. The zero-order valence-electron chi connectivity index (χ0n) is 1.66. The first-order valence-electron chi connectivity index (χ1n) is 0.582. The molecule has 0 bridgehead atoms. The summed E-state index contributed by atoms with van der Waals surface area (Å²) in [6.07, 6.45) is 0. The third kappa shape index (κ3) is 10.6. The van der Waals surface area contributed by atoms with E-state index in [9.17, 15) is 0 Å². The number of halogens is 2. The van der Waals surface area contributed by atoms with Crippen molar-refractivity contribution in [3.05, 3.63) is 0 Å². The Bertz CT molecular complexity index is 29.0. The first-order chi connectivity index (χ1) is 1.73. The fourth-order valence-electron chi connectivity index (χ4n) is 0. The number of rotatable bonds is 0. The SMILES string of the molecule is S=[PH](Cl)Cl. The zero-order valence-corrected chi connectivity index (χ0v) is 4.99. The van der Waals surface area contributed by atoms with Crippen LogP contribution in [0.1, 0.15) is 0 Å². The molecule has 0 N–H and O–H groups in total. The van der Waals surface area contributed by atoms with Crippen molar-refractivity contribution < 1.29 is 0 Å². The molecule has 0 radical (unpaired) electrons. The Hall–Kier alpha value is 1.23. The Morgan fingerprint density at radius 2 is 1.50 bits per heavy atom. The highest BCUT2D eigenvalue weighted by molar-refractivity contribution is 8.29. The number of hydrogen-bond donors (Lipinski definition) is 0. The lowest BCUT2D eigenvalue weighted by atomic mass is 30.3. The van der Waals surface area contributed by atoms with Gasteiger partial charge in [0.05, 0.1) is 0 Å². The van der Waals surface area contributed by atoms with E-state index in [-0.39, 0.29) is 0 Å². The van der Waals surface area contributed by atoms with Crippen molar-refractivity contribution >= 4 is 39.7 Å². The van der Waals surface area contributed by atoms with Crippen LogP contribution in [0.15, 0.2) is 0 Å². The third-order valence-corrected chi connectivity index (χ3v) is 0. The Labute approximate surface area is 40.1 Å². The maximum atomic E-state index is 4.96. The lowest BCUT2D eigenvalue weighted by Gasteiger charge is -1.56. The molecule has 0 saturated heterocycles. The van der Waals surface area contributed by atoms with Crippen LogP contribution in [0.3, 0.4) is 0 Å². The van der Waals surface area contributed by atoms with Crippen LogP contribution in [0.25, 0.3) is 0 Å². The molecule has 0 fully saturated rings. The summed E-state index contributed by atoms with van der Waals surface area (Å²) in [5, 5.41) is -1.35. The van der Waals surface area contributed by atoms with Gasteiger partial charge in [-0.1, -0.05) is 34.3 Å². The van der Waals surface area contributed by atoms with E-state index in [1.807, 2.05) is 0 Å². The zero-order chi connectivity index (χ0) is 3.58. The molecule has 0 unspecified atom stereocenters. The summed E-state index contributed by atoms with van der Waals surface area (Å²) >= 11 is 14.2. The van der Waals surface area contributed by atoms with Gasteiger partial charge in [-0.2, -0.15) is 0 Å². The van der Waals surface area contributed by atoms with Crippen LogP contribution in [0.5, 0.6) is 0 Å². The van der Waals surface area contributed by atoms with Crippen molar-refractivity contribution in [1.29, 1.82) is 0 Å². The van der Waals surface area contributed by atoms with Crippen LogP contribution in [-0.4, -0.2) is 0 Å². The van der Waals surface area contributed by atoms with Crippen LogP contribution in [-0.2, 0) is 11.8 Å². The van der Waals surface area contributed by atoms with Gasteiger partial charge in [0.2, 0.25) is 0 Å². The molecule has 0 aromatic rings. The smallest absolute Gasteiger partial charge is 0.0717 e. The molecule has 0 aliphatic heterocycles. The molecule has 0 saturated carbocycles. The van der Waals surface area contributed by atoms with Gasteiger partial charge in [0.1, 0.15) is 5.40 Å². The van der Waals surface area contributed by atoms with Gasteiger partial charge < -0.3 is 0 Å². The average molecular weight is 135 g/mol. The molecule has 0 amide bonds. The predicted octanol–water partition coefficient (Wildman–Crippen LogP) is 1.97. The van der Waals surface area contributed by atoms with Crippen LogP contribution < -0.4 is 0 Å². The van der Waals surface area contributed by atoms with Gasteiger partial charge in [-0.15, -0.1) is 0 Å². The van der Waals surface area contributed by atoms with E-state index < -0.39 is 5.40 Å². The van der Waals surface area contributed by atoms with Crippen LogP contribution in [0.2, 0.25) is 0 Å². The molecule has 0 rings (SSSR count). The summed E-state index contributed by atoms with van der Waals surface area (Å²) in [4.78, 5) is 0. The Morgan fingerprint density at radius 3 is 1.50 bits per heavy atom. The average Bonchev–Trinajstić information content (AvgIpc) is 0.811. The third-order valence-electron chi connectivity index (χ3n) is 0. The minimum atomic E-state index is -1.35. The largest absolute Gasteiger partial charge is 0.108 e. The lowest BCUT2D eigenvalue weighted by Crippen LogP contribution is -0.922. The van der Waals surface area contributed by atoms with Gasteiger partial charge in [0.15, 0.2) is 0 Å². The molecular weight excluding hydrogens is 134 g/mol. The Balaban J connectivity index is 2.80. The first-order valence-corrected chi connectivity index (χ1v) is 5.24. The molecule has 0 nitrogen and oxygen atoms in total. The normalized spacial score (nSPS) is 8.75. The fourth-order valence-corrected chi connectivity index (χ4v) is 0. The summed E-state index contributed by atoms with van der Waals surface area (Å²) in [6.45, 7) is 0. The maximum Gasteiger partial charge on any atom is 0.108 e. The predicted molar refractivity (Wildman–Crippen MR) is 27.4 cm³/mol. The summed E-state index contributed by atoms with van der Waals surface area (Å²) in [5.41, 5.74) is 0. The van der Waals surface area contributed by atoms with Crippen LogP contribution >= 0.6 is 27.9 Å². The van der Waals surface area contributed by atoms with E-state index in [2.05, 4.69) is 11.8 Å². The van der Waals surface area contributed by atoms with E-state index in [1.54, 1.807) is 0 Å². The van der Waals surface area contributed by atoms with Crippen molar-refractivity contribution in [1.82, 2.24) is 0 Å². The quantitative estimate of drug-likeness (QED) is 0.457. The fraction of sp³-hybridized carbons (Fsp3) is 0. The van der Waals surface area contributed by atoms with Crippen molar-refractivity contribution in [3.63, 3.8) is 0 Å². The standard InChI is InChI=1S/Cl2HPS/c1-3(2)4/h3H. The molecule has 0 aromatic carbocycles. The van der Waals surface area contributed by atoms with Crippen LogP contribution in [0.4, 0.5) is 0 Å². The van der Waals surface area contributed by atoms with Gasteiger partial charge in [0, 0.05) is 0 Å². The molecule has 4 heavy (non-hydrogen) atoms. The Morgan fingerprint density at radius 1 is 1.50 bits per heavy atom. The molecule has 26 valence electrons. The highest BCUT2D eigenvalue weighted by atomic mass is 35.9. The second-order valence-electron chi connectivity index (χ2n) is 0.226. The molecule has 0 aliphatic rings. The van der Waals surface area contributed by atoms with E-state index in [0.717, 1.165) is 0 Å². The van der Waals surface area contributed by atoms with Gasteiger partial charge in [-0.25, -0.2) is 0 Å². The summed E-state index contributed by atoms with van der Waals surface area (Å²) in [5.74, 6) is 0. The summed E-state index contributed by atoms with van der Waals surface area (Å²) in [6, 6.07) is 0. The highest BCUT2D eigenvalue weighted by Crippen LogP contribution is 2.31. The van der Waals surface area contributed by atoms with Crippen molar-refractivity contribution in [3.8, 4) is 0 Å². The van der Waals surface area contributed by atoms with E-state index in [4.69, 9.17) is 22.5 Å². The minimum Gasteiger partial charge on any atom is -0.0717 e. The second kappa shape index (κ2) is 2.47. The van der Waals surface area contributed by atoms with E-state index in [0.29, 0.717) is 0 Å². The van der Waals surface area contributed by atoms with E-state index in [1.165, 1.54) is 0 Å². The van der Waals surface area contributed by atoms with Crippen molar-refractivity contribution in [2.75, 3.05) is 0 Å². The molecular formula is HCl2PS. The summed E-state index contributed by atoms with van der Waals surface area (Å²) in [7, 11) is 0. The molecule has 0 aromatic heterocycles.